The number of nitrogens with zero attached hydrogens (tertiary/aromatic N) is 3. The first kappa shape index (κ1) is 19.1. The fourth-order valence-electron chi connectivity index (χ4n) is 2.62. The first-order chi connectivity index (χ1) is 13.5. The molecule has 4 N–H and O–H groups in total. The van der Waals surface area contributed by atoms with Crippen molar-refractivity contribution < 1.29 is 19.4 Å². The van der Waals surface area contributed by atoms with Gasteiger partial charge in [-0.2, -0.15) is 0 Å². The highest BCUT2D eigenvalue weighted by molar-refractivity contribution is 6.03. The Morgan fingerprint density at radius 2 is 1.93 bits per heavy atom. The second-order valence-corrected chi connectivity index (χ2v) is 5.98. The van der Waals surface area contributed by atoms with Gasteiger partial charge in [0.25, 0.3) is 5.91 Å². The number of hydrogen-bond acceptors (Lipinski definition) is 6. The molecule has 144 valence electrons. The van der Waals surface area contributed by atoms with Gasteiger partial charge in [-0.05, 0) is 30.3 Å². The van der Waals surface area contributed by atoms with Gasteiger partial charge in [-0.25, -0.2) is 4.68 Å². The highest BCUT2D eigenvalue weighted by Gasteiger charge is 2.16. The number of carbonyl (C=O) groups excluding carboxylic acids is 2. The number of para-hydroxylation sites is 1. The number of nitrogens with two attached hydrogens (primary N) is 1. The summed E-state index contributed by atoms with van der Waals surface area (Å²) < 4.78 is 6.62. The summed E-state index contributed by atoms with van der Waals surface area (Å²) >= 11 is 0. The van der Waals surface area contributed by atoms with Crippen LogP contribution in [0.15, 0.2) is 54.7 Å². The van der Waals surface area contributed by atoms with Crippen molar-refractivity contribution in [3.05, 3.63) is 71.5 Å². The molecule has 0 bridgehead atoms. The van der Waals surface area contributed by atoms with Crippen molar-refractivity contribution in [1.29, 1.82) is 0 Å². The number of ether oxygens (including phenoxy) is 1. The molecule has 0 fully saturated rings. The predicted molar refractivity (Wildman–Crippen MR) is 101 cm³/mol. The molecule has 3 aromatic rings. The second kappa shape index (κ2) is 8.31. The number of primary amides is 1. The van der Waals surface area contributed by atoms with Crippen LogP contribution in [0.5, 0.6) is 5.75 Å². The minimum atomic E-state index is -0.880. The molecule has 0 aliphatic rings. The first-order valence-corrected chi connectivity index (χ1v) is 8.40. The Labute approximate surface area is 160 Å². The topological polar surface area (TPSA) is 132 Å². The van der Waals surface area contributed by atoms with E-state index < -0.39 is 17.9 Å². The number of carbonyl (C=O) groups is 2. The smallest absolute Gasteiger partial charge is 0.277 e. The van der Waals surface area contributed by atoms with Gasteiger partial charge in [-0.1, -0.05) is 23.4 Å². The number of methoxy groups -OCH3 is 1. The molecule has 0 aliphatic heterocycles. The van der Waals surface area contributed by atoms with E-state index in [4.69, 9.17) is 10.5 Å². The van der Waals surface area contributed by atoms with Gasteiger partial charge in [0.15, 0.2) is 5.69 Å². The first-order valence-electron chi connectivity index (χ1n) is 8.40. The van der Waals surface area contributed by atoms with Gasteiger partial charge in [0.1, 0.15) is 11.9 Å². The third-order valence-corrected chi connectivity index (χ3v) is 4.06. The normalized spacial score (nSPS) is 11.6. The Bertz CT molecular complexity index is 984. The van der Waals surface area contributed by atoms with E-state index in [2.05, 4.69) is 15.6 Å². The van der Waals surface area contributed by atoms with Gasteiger partial charge in [0, 0.05) is 16.8 Å². The van der Waals surface area contributed by atoms with E-state index in [0.717, 1.165) is 0 Å². The van der Waals surface area contributed by atoms with Crippen LogP contribution >= 0.6 is 0 Å². The van der Waals surface area contributed by atoms with E-state index in [9.17, 15) is 14.7 Å². The van der Waals surface area contributed by atoms with E-state index in [1.807, 2.05) is 6.07 Å². The van der Waals surface area contributed by atoms with Crippen molar-refractivity contribution in [2.75, 3.05) is 12.4 Å². The largest absolute Gasteiger partial charge is 0.496 e. The molecule has 2 aromatic carbocycles. The summed E-state index contributed by atoms with van der Waals surface area (Å²) in [6.07, 6.45) is 0.557. The number of nitrogens with one attached hydrogen (secondary N) is 1. The van der Waals surface area contributed by atoms with Gasteiger partial charge in [-0.15, -0.1) is 5.10 Å². The number of benzene rings is 2. The maximum absolute atomic E-state index is 12.3. The summed E-state index contributed by atoms with van der Waals surface area (Å²) in [5.41, 5.74) is 6.71. The molecule has 0 saturated heterocycles. The molecule has 9 heteroatoms. The van der Waals surface area contributed by atoms with Crippen LogP contribution in [0.3, 0.4) is 0 Å². The van der Waals surface area contributed by atoms with Gasteiger partial charge in [-0.3, -0.25) is 9.59 Å². The molecule has 2 amide bonds. The maximum Gasteiger partial charge on any atom is 0.277 e. The van der Waals surface area contributed by atoms with Gasteiger partial charge < -0.3 is 20.9 Å². The molecule has 0 radical (unpaired) electrons. The van der Waals surface area contributed by atoms with Crippen molar-refractivity contribution in [2.24, 2.45) is 5.73 Å². The predicted octanol–water partition coefficient (Wildman–Crippen LogP) is 1.37. The van der Waals surface area contributed by atoms with Crippen LogP contribution in [0.1, 0.15) is 32.5 Å². The number of amides is 2. The van der Waals surface area contributed by atoms with Crippen molar-refractivity contribution >= 4 is 17.5 Å². The Kier molecular flexibility index (Phi) is 5.66. The van der Waals surface area contributed by atoms with Crippen LogP contribution in [0.25, 0.3) is 0 Å². The number of aliphatic hydroxyl groups excluding tert-OH is 1. The van der Waals surface area contributed by atoms with E-state index >= 15 is 0 Å². The van der Waals surface area contributed by atoms with E-state index in [-0.39, 0.29) is 12.2 Å². The van der Waals surface area contributed by atoms with Crippen LogP contribution in [0.2, 0.25) is 0 Å². The lowest BCUT2D eigenvalue weighted by molar-refractivity contribution is 0.0998. The third kappa shape index (κ3) is 4.33. The fraction of sp³-hybridized carbons (Fsp3) is 0.158. The van der Waals surface area contributed by atoms with Crippen LogP contribution < -0.4 is 15.8 Å². The van der Waals surface area contributed by atoms with E-state index in [1.54, 1.807) is 30.3 Å². The quantitative estimate of drug-likeness (QED) is 0.566. The monoisotopic (exact) mass is 381 g/mol. The summed E-state index contributed by atoms with van der Waals surface area (Å²) in [5.74, 6) is -0.452. The molecule has 28 heavy (non-hydrogen) atoms. The Balaban J connectivity index is 1.66. The van der Waals surface area contributed by atoms with Crippen molar-refractivity contribution in [3.63, 3.8) is 0 Å². The molecular weight excluding hydrogens is 362 g/mol. The zero-order valence-corrected chi connectivity index (χ0v) is 15.1. The molecule has 3 rings (SSSR count). The van der Waals surface area contributed by atoms with E-state index in [1.165, 1.54) is 30.1 Å². The fourth-order valence-corrected chi connectivity index (χ4v) is 2.62. The van der Waals surface area contributed by atoms with Crippen molar-refractivity contribution in [1.82, 2.24) is 15.0 Å². The SMILES string of the molecule is COc1ccccc1[C@H](O)Cn1cc(C(=O)Nc2ccc(C(N)=O)cc2)nn1. The summed E-state index contributed by atoms with van der Waals surface area (Å²) in [6.45, 7) is 0.105. The van der Waals surface area contributed by atoms with Crippen LogP contribution in [-0.2, 0) is 6.54 Å². The standard InChI is InChI=1S/C19H19N5O4/c1-28-17-5-3-2-4-14(17)16(25)11-24-10-15(22-23-24)19(27)21-13-8-6-12(7-9-13)18(20)26/h2-10,16,25H,11H2,1H3,(H2,20,26)(H,21,27)/t16-/m1/s1. The maximum atomic E-state index is 12.3. The average Bonchev–Trinajstić information content (AvgIpc) is 3.17. The zero-order valence-electron chi connectivity index (χ0n) is 15.1. The lowest BCUT2D eigenvalue weighted by Gasteiger charge is -2.14. The second-order valence-electron chi connectivity index (χ2n) is 5.98. The molecule has 9 nitrogen and oxygen atoms in total. The minimum Gasteiger partial charge on any atom is -0.496 e. The number of rotatable bonds is 7. The number of aliphatic hydroxyl groups is 1. The number of aromatic nitrogens is 3. The van der Waals surface area contributed by atoms with Gasteiger partial charge in [0.2, 0.25) is 5.91 Å². The summed E-state index contributed by atoms with van der Waals surface area (Å²) in [5, 5.41) is 20.8. The van der Waals surface area contributed by atoms with Gasteiger partial charge in [0.05, 0.1) is 19.9 Å². The molecule has 0 saturated carbocycles. The molecule has 1 atom stereocenters. The van der Waals surface area contributed by atoms with Crippen molar-refractivity contribution in [2.45, 2.75) is 12.6 Å². The molecule has 0 spiro atoms. The summed E-state index contributed by atoms with van der Waals surface area (Å²) in [6, 6.07) is 13.3. The molecule has 1 aromatic heterocycles. The van der Waals surface area contributed by atoms with E-state index in [0.29, 0.717) is 22.6 Å². The van der Waals surface area contributed by atoms with Crippen LogP contribution in [0.4, 0.5) is 5.69 Å². The lowest BCUT2D eigenvalue weighted by Crippen LogP contribution is -2.14. The number of anilines is 1. The Morgan fingerprint density at radius 3 is 2.61 bits per heavy atom. The summed E-state index contributed by atoms with van der Waals surface area (Å²) in [4.78, 5) is 23.4. The lowest BCUT2D eigenvalue weighted by atomic mass is 10.1. The molecule has 1 heterocycles. The minimum absolute atomic E-state index is 0.0891. The number of hydrogen-bond donors (Lipinski definition) is 3. The Morgan fingerprint density at radius 1 is 1.21 bits per heavy atom. The average molecular weight is 381 g/mol. The van der Waals surface area contributed by atoms with Crippen LogP contribution in [0, 0.1) is 0 Å². The zero-order chi connectivity index (χ0) is 20.1. The highest BCUT2D eigenvalue weighted by Crippen LogP contribution is 2.25. The Hall–Kier alpha value is -3.72. The molecule has 0 unspecified atom stereocenters. The van der Waals surface area contributed by atoms with Crippen molar-refractivity contribution in [3.8, 4) is 5.75 Å². The summed E-state index contributed by atoms with van der Waals surface area (Å²) in [7, 11) is 1.53. The van der Waals surface area contributed by atoms with Crippen LogP contribution in [-0.4, -0.2) is 39.0 Å². The highest BCUT2D eigenvalue weighted by atomic mass is 16.5. The third-order valence-electron chi connectivity index (χ3n) is 4.06. The molecule has 0 aliphatic carbocycles. The molecular formula is C19H19N5O4. The van der Waals surface area contributed by atoms with Gasteiger partial charge >= 0.3 is 0 Å².